The Morgan fingerprint density at radius 1 is 1.26 bits per heavy atom. The molecule has 0 spiro atoms. The number of carbonyl (C=O) groups excluding carboxylic acids is 1. The summed E-state index contributed by atoms with van der Waals surface area (Å²) in [6.45, 7) is 12.1. The number of amides is 1. The second kappa shape index (κ2) is 9.32. The molecule has 4 nitrogen and oxygen atoms in total. The summed E-state index contributed by atoms with van der Waals surface area (Å²) in [5.41, 5.74) is 0.138. The minimum absolute atomic E-state index is 0.0937. The highest BCUT2D eigenvalue weighted by Crippen LogP contribution is 2.18. The van der Waals surface area contributed by atoms with Crippen molar-refractivity contribution in [1.82, 2.24) is 10.6 Å². The predicted octanol–water partition coefficient (Wildman–Crippen LogP) is 2.33. The molecule has 0 radical (unpaired) electrons. The molecule has 0 aliphatic carbocycles. The largest absolute Gasteiger partial charge is 0.385 e. The van der Waals surface area contributed by atoms with Crippen molar-refractivity contribution in [3.8, 4) is 0 Å². The molecule has 1 amide bonds. The van der Waals surface area contributed by atoms with Crippen LogP contribution >= 0.6 is 0 Å². The first kappa shape index (κ1) is 18.4. The Hall–Kier alpha value is -0.610. The van der Waals surface area contributed by atoms with Gasteiger partial charge in [-0.1, -0.05) is 27.7 Å². The zero-order valence-electron chi connectivity index (χ0n) is 13.5. The van der Waals surface area contributed by atoms with E-state index in [0.717, 1.165) is 32.4 Å². The fourth-order valence-electron chi connectivity index (χ4n) is 1.81. The number of hydrogen-bond acceptors (Lipinski definition) is 3. The van der Waals surface area contributed by atoms with E-state index in [2.05, 4.69) is 38.3 Å². The van der Waals surface area contributed by atoms with Crippen LogP contribution in [-0.2, 0) is 9.53 Å². The number of nitrogens with one attached hydrogen (secondary N) is 2. The third kappa shape index (κ3) is 8.22. The van der Waals surface area contributed by atoms with E-state index in [1.54, 1.807) is 7.11 Å². The Bertz CT molecular complexity index is 251. The highest BCUT2D eigenvalue weighted by molar-refractivity contribution is 5.81. The van der Waals surface area contributed by atoms with Crippen LogP contribution in [0.4, 0.5) is 0 Å². The Labute approximate surface area is 118 Å². The SMILES string of the molecule is CCC(CC)NC(=O)C(C)NCC(C)(C)CCOC. The van der Waals surface area contributed by atoms with E-state index in [9.17, 15) is 4.79 Å². The van der Waals surface area contributed by atoms with Gasteiger partial charge < -0.3 is 15.4 Å². The Morgan fingerprint density at radius 2 is 1.84 bits per heavy atom. The fraction of sp³-hybridized carbons (Fsp3) is 0.933. The minimum atomic E-state index is -0.151. The van der Waals surface area contributed by atoms with Gasteiger partial charge in [0.1, 0.15) is 0 Å². The molecule has 1 unspecified atom stereocenters. The van der Waals surface area contributed by atoms with Crippen LogP contribution in [-0.4, -0.2) is 38.3 Å². The molecule has 0 fully saturated rings. The summed E-state index contributed by atoms with van der Waals surface area (Å²) in [5.74, 6) is 0.0937. The van der Waals surface area contributed by atoms with Crippen molar-refractivity contribution < 1.29 is 9.53 Å². The van der Waals surface area contributed by atoms with Gasteiger partial charge in [-0.15, -0.1) is 0 Å². The topological polar surface area (TPSA) is 50.4 Å². The van der Waals surface area contributed by atoms with Gasteiger partial charge in [-0.3, -0.25) is 4.79 Å². The van der Waals surface area contributed by atoms with E-state index in [4.69, 9.17) is 4.74 Å². The monoisotopic (exact) mass is 272 g/mol. The van der Waals surface area contributed by atoms with Gasteiger partial charge in [0.25, 0.3) is 0 Å². The molecule has 114 valence electrons. The first-order chi connectivity index (χ1) is 8.86. The van der Waals surface area contributed by atoms with E-state index in [0.29, 0.717) is 6.04 Å². The normalized spacial score (nSPS) is 13.6. The van der Waals surface area contributed by atoms with E-state index in [1.165, 1.54) is 0 Å². The quantitative estimate of drug-likeness (QED) is 0.642. The van der Waals surface area contributed by atoms with Crippen molar-refractivity contribution in [1.29, 1.82) is 0 Å². The summed E-state index contributed by atoms with van der Waals surface area (Å²) in [4.78, 5) is 12.0. The summed E-state index contributed by atoms with van der Waals surface area (Å²) >= 11 is 0. The van der Waals surface area contributed by atoms with Crippen LogP contribution in [0.2, 0.25) is 0 Å². The summed E-state index contributed by atoms with van der Waals surface area (Å²) < 4.78 is 5.11. The lowest BCUT2D eigenvalue weighted by Gasteiger charge is -2.27. The van der Waals surface area contributed by atoms with Gasteiger partial charge in [0.2, 0.25) is 5.91 Å². The molecule has 0 aliphatic heterocycles. The van der Waals surface area contributed by atoms with Gasteiger partial charge >= 0.3 is 0 Å². The lowest BCUT2D eigenvalue weighted by Crippen LogP contribution is -2.48. The van der Waals surface area contributed by atoms with Gasteiger partial charge in [-0.2, -0.15) is 0 Å². The molecule has 0 aromatic carbocycles. The van der Waals surface area contributed by atoms with Crippen LogP contribution in [0.25, 0.3) is 0 Å². The number of carbonyl (C=O) groups is 1. The molecular formula is C15H32N2O2. The van der Waals surface area contributed by atoms with Crippen LogP contribution in [0.15, 0.2) is 0 Å². The molecule has 0 saturated carbocycles. The van der Waals surface area contributed by atoms with Gasteiger partial charge in [0.15, 0.2) is 0 Å². The van der Waals surface area contributed by atoms with Crippen molar-refractivity contribution in [3.05, 3.63) is 0 Å². The maximum atomic E-state index is 12.0. The molecule has 1 atom stereocenters. The van der Waals surface area contributed by atoms with E-state index < -0.39 is 0 Å². The van der Waals surface area contributed by atoms with Crippen LogP contribution in [0.5, 0.6) is 0 Å². The Kier molecular flexibility index (Phi) is 9.02. The number of methoxy groups -OCH3 is 1. The molecule has 0 aromatic heterocycles. The summed E-state index contributed by atoms with van der Waals surface area (Å²) in [6.07, 6.45) is 2.94. The van der Waals surface area contributed by atoms with Gasteiger partial charge in [0.05, 0.1) is 6.04 Å². The van der Waals surface area contributed by atoms with Crippen molar-refractivity contribution in [2.75, 3.05) is 20.3 Å². The van der Waals surface area contributed by atoms with Gasteiger partial charge in [-0.25, -0.2) is 0 Å². The second-order valence-electron chi connectivity index (χ2n) is 6.03. The molecule has 19 heavy (non-hydrogen) atoms. The van der Waals surface area contributed by atoms with Crippen molar-refractivity contribution >= 4 is 5.91 Å². The molecular weight excluding hydrogens is 240 g/mol. The molecule has 0 aromatic rings. The van der Waals surface area contributed by atoms with Crippen LogP contribution in [0.3, 0.4) is 0 Å². The molecule has 0 saturated heterocycles. The third-order valence-corrected chi connectivity index (χ3v) is 3.60. The first-order valence-electron chi connectivity index (χ1n) is 7.39. The Morgan fingerprint density at radius 3 is 2.32 bits per heavy atom. The zero-order chi connectivity index (χ0) is 14.9. The molecule has 0 bridgehead atoms. The maximum absolute atomic E-state index is 12.0. The highest BCUT2D eigenvalue weighted by atomic mass is 16.5. The van der Waals surface area contributed by atoms with Crippen molar-refractivity contribution in [3.63, 3.8) is 0 Å². The molecule has 0 aliphatic rings. The zero-order valence-corrected chi connectivity index (χ0v) is 13.5. The minimum Gasteiger partial charge on any atom is -0.385 e. The van der Waals surface area contributed by atoms with E-state index in [1.807, 2.05) is 6.92 Å². The third-order valence-electron chi connectivity index (χ3n) is 3.60. The molecule has 4 heteroatoms. The number of rotatable bonds is 10. The standard InChI is InChI=1S/C15H32N2O2/c1-7-13(8-2)17-14(18)12(3)16-11-15(4,5)9-10-19-6/h12-13,16H,7-11H2,1-6H3,(H,17,18). The first-order valence-corrected chi connectivity index (χ1v) is 7.39. The summed E-state index contributed by atoms with van der Waals surface area (Å²) in [5, 5.41) is 6.39. The number of hydrogen-bond donors (Lipinski definition) is 2. The predicted molar refractivity (Wildman–Crippen MR) is 80.3 cm³/mol. The average Bonchev–Trinajstić information content (AvgIpc) is 2.39. The lowest BCUT2D eigenvalue weighted by molar-refractivity contribution is -0.123. The summed E-state index contributed by atoms with van der Waals surface area (Å²) in [6, 6.07) is 0.140. The molecule has 0 rings (SSSR count). The van der Waals surface area contributed by atoms with Crippen molar-refractivity contribution in [2.24, 2.45) is 5.41 Å². The van der Waals surface area contributed by atoms with Crippen LogP contribution in [0, 0.1) is 5.41 Å². The lowest BCUT2D eigenvalue weighted by atomic mass is 9.89. The van der Waals surface area contributed by atoms with Gasteiger partial charge in [-0.05, 0) is 31.6 Å². The maximum Gasteiger partial charge on any atom is 0.237 e. The van der Waals surface area contributed by atoms with Crippen LogP contribution < -0.4 is 10.6 Å². The summed E-state index contributed by atoms with van der Waals surface area (Å²) in [7, 11) is 1.72. The number of ether oxygens (including phenoxy) is 1. The van der Waals surface area contributed by atoms with Crippen LogP contribution in [0.1, 0.15) is 53.9 Å². The second-order valence-corrected chi connectivity index (χ2v) is 6.03. The Balaban J connectivity index is 4.08. The molecule has 0 heterocycles. The fourth-order valence-corrected chi connectivity index (χ4v) is 1.81. The van der Waals surface area contributed by atoms with E-state index in [-0.39, 0.29) is 17.4 Å². The highest BCUT2D eigenvalue weighted by Gasteiger charge is 2.21. The van der Waals surface area contributed by atoms with Crippen molar-refractivity contribution in [2.45, 2.75) is 66.0 Å². The van der Waals surface area contributed by atoms with Gasteiger partial charge in [0, 0.05) is 26.3 Å². The average molecular weight is 272 g/mol. The van der Waals surface area contributed by atoms with E-state index >= 15 is 0 Å². The molecule has 2 N–H and O–H groups in total. The smallest absolute Gasteiger partial charge is 0.237 e.